The molecule has 5 rings (SSSR count). The monoisotopic (exact) mass is 511 g/mol. The van der Waals surface area contributed by atoms with Crippen molar-refractivity contribution in [3.8, 4) is 38.9 Å². The molecule has 6 nitrogen and oxygen atoms in total. The molecular formula is C30H25NO5S. The molecule has 0 aliphatic heterocycles. The van der Waals surface area contributed by atoms with Gasteiger partial charge in [0.2, 0.25) is 0 Å². The summed E-state index contributed by atoms with van der Waals surface area (Å²) >= 11 is 1.61. The molecule has 0 saturated heterocycles. The normalized spacial score (nSPS) is 10.9. The van der Waals surface area contributed by atoms with E-state index < -0.39 is 5.97 Å². The molecule has 0 saturated carbocycles. The largest absolute Gasteiger partial charge is 0.497 e. The molecule has 0 amide bonds. The van der Waals surface area contributed by atoms with E-state index in [1.807, 2.05) is 43.3 Å². The van der Waals surface area contributed by atoms with E-state index >= 15 is 0 Å². The number of rotatable bonds is 9. The minimum Gasteiger partial charge on any atom is -0.497 e. The zero-order chi connectivity index (χ0) is 25.8. The number of methoxy groups -OCH3 is 1. The van der Waals surface area contributed by atoms with Crippen molar-refractivity contribution in [2.75, 3.05) is 13.7 Å². The van der Waals surface area contributed by atoms with Crippen LogP contribution in [0.5, 0.6) is 17.2 Å². The molecule has 0 bridgehead atoms. The number of hydrogen-bond acceptors (Lipinski definition) is 6. The Balaban J connectivity index is 1.47. The average Bonchev–Trinajstić information content (AvgIpc) is 3.35. The van der Waals surface area contributed by atoms with Crippen LogP contribution in [-0.4, -0.2) is 29.8 Å². The predicted molar refractivity (Wildman–Crippen MR) is 146 cm³/mol. The highest BCUT2D eigenvalue weighted by Gasteiger charge is 2.18. The molecule has 0 spiro atoms. The molecular weight excluding hydrogens is 486 g/mol. The van der Waals surface area contributed by atoms with Gasteiger partial charge in [-0.1, -0.05) is 42.5 Å². The van der Waals surface area contributed by atoms with Gasteiger partial charge in [0.15, 0.2) is 6.61 Å². The Labute approximate surface area is 218 Å². The summed E-state index contributed by atoms with van der Waals surface area (Å²) in [6.07, 6.45) is 0. The van der Waals surface area contributed by atoms with Gasteiger partial charge in [-0.25, -0.2) is 9.78 Å². The Morgan fingerprint density at radius 1 is 0.919 bits per heavy atom. The second kappa shape index (κ2) is 10.7. The molecule has 7 heteroatoms. The lowest BCUT2D eigenvalue weighted by molar-refractivity contribution is -0.139. The Bertz CT molecular complexity index is 1550. The van der Waals surface area contributed by atoms with Crippen LogP contribution in [0.3, 0.4) is 0 Å². The highest BCUT2D eigenvalue weighted by molar-refractivity contribution is 7.15. The zero-order valence-electron chi connectivity index (χ0n) is 20.4. The van der Waals surface area contributed by atoms with Crippen LogP contribution < -0.4 is 14.2 Å². The van der Waals surface area contributed by atoms with E-state index in [9.17, 15) is 4.79 Å². The fourth-order valence-corrected chi connectivity index (χ4v) is 5.17. The van der Waals surface area contributed by atoms with Crippen molar-refractivity contribution < 1.29 is 24.1 Å². The van der Waals surface area contributed by atoms with Gasteiger partial charge >= 0.3 is 5.97 Å². The maximum Gasteiger partial charge on any atom is 0.341 e. The number of carboxylic acid groups (broad SMARTS) is 1. The molecule has 4 aromatic carbocycles. The summed E-state index contributed by atoms with van der Waals surface area (Å²) in [5.74, 6) is 0.954. The molecule has 0 radical (unpaired) electrons. The first kappa shape index (κ1) is 24.3. The van der Waals surface area contributed by atoms with Crippen molar-refractivity contribution in [1.82, 2.24) is 4.98 Å². The fourth-order valence-electron chi connectivity index (χ4n) is 4.13. The van der Waals surface area contributed by atoms with Crippen LogP contribution in [0, 0.1) is 6.92 Å². The molecule has 37 heavy (non-hydrogen) atoms. The number of carbonyl (C=O) groups is 1. The van der Waals surface area contributed by atoms with Crippen molar-refractivity contribution in [1.29, 1.82) is 0 Å². The van der Waals surface area contributed by atoms with Crippen molar-refractivity contribution >= 4 is 28.1 Å². The Morgan fingerprint density at radius 2 is 1.68 bits per heavy atom. The van der Waals surface area contributed by atoms with Crippen molar-refractivity contribution in [2.45, 2.75) is 13.5 Å². The smallest absolute Gasteiger partial charge is 0.341 e. The molecule has 0 unspecified atom stereocenters. The molecule has 1 aromatic heterocycles. The van der Waals surface area contributed by atoms with Gasteiger partial charge in [-0.15, -0.1) is 11.3 Å². The number of nitrogens with zero attached hydrogens (tertiary/aromatic N) is 1. The Morgan fingerprint density at radius 3 is 2.43 bits per heavy atom. The zero-order valence-corrected chi connectivity index (χ0v) is 21.2. The highest BCUT2D eigenvalue weighted by Crippen LogP contribution is 2.41. The van der Waals surface area contributed by atoms with Gasteiger partial charge in [-0.3, -0.25) is 0 Å². The van der Waals surface area contributed by atoms with Crippen LogP contribution in [0.2, 0.25) is 0 Å². The number of aromatic nitrogens is 1. The van der Waals surface area contributed by atoms with Gasteiger partial charge < -0.3 is 19.3 Å². The third kappa shape index (κ3) is 5.42. The first-order chi connectivity index (χ1) is 18.0. The number of aryl methyl sites for hydroxylation is 1. The standard InChI is InChI=1S/C30H25NO5S/c1-19-16-23(14-15-26(19)36-18-28(32)33)35-17-27-31-29(21-10-12-22(34-2)13-11-21)30(37-27)25-9-5-7-20-6-3-4-8-24(20)25/h3-16H,17-18H2,1-2H3,(H,32,33). The minimum absolute atomic E-state index is 0.299. The summed E-state index contributed by atoms with van der Waals surface area (Å²) in [5, 5.41) is 12.0. The SMILES string of the molecule is COc1ccc(-c2nc(COc3ccc(OCC(=O)O)c(C)c3)sc2-c2cccc3ccccc23)cc1. The lowest BCUT2D eigenvalue weighted by Crippen LogP contribution is -2.10. The summed E-state index contributed by atoms with van der Waals surface area (Å²) in [6, 6.07) is 27.9. The number of carboxylic acids is 1. The van der Waals surface area contributed by atoms with Crippen LogP contribution in [0.4, 0.5) is 0 Å². The summed E-state index contributed by atoms with van der Waals surface area (Å²) < 4.78 is 16.7. The third-order valence-corrected chi connectivity index (χ3v) is 6.99. The number of fused-ring (bicyclic) bond motifs is 1. The Kier molecular flexibility index (Phi) is 7.05. The lowest BCUT2D eigenvalue weighted by atomic mass is 10.0. The second-order valence-electron chi connectivity index (χ2n) is 8.44. The Hall–Kier alpha value is -4.36. The van der Waals surface area contributed by atoms with E-state index in [2.05, 4.69) is 36.4 Å². The van der Waals surface area contributed by atoms with Crippen LogP contribution >= 0.6 is 11.3 Å². The van der Waals surface area contributed by atoms with Gasteiger partial charge in [0, 0.05) is 11.1 Å². The summed E-state index contributed by atoms with van der Waals surface area (Å²) in [4.78, 5) is 16.9. The molecule has 1 heterocycles. The molecule has 5 aromatic rings. The van der Waals surface area contributed by atoms with E-state index in [1.54, 1.807) is 30.6 Å². The van der Waals surface area contributed by atoms with Crippen LogP contribution in [0.15, 0.2) is 84.9 Å². The van der Waals surface area contributed by atoms with E-state index in [0.717, 1.165) is 38.0 Å². The quantitative estimate of drug-likeness (QED) is 0.230. The van der Waals surface area contributed by atoms with Gasteiger partial charge in [-0.2, -0.15) is 0 Å². The summed E-state index contributed by atoms with van der Waals surface area (Å²) in [7, 11) is 1.65. The third-order valence-electron chi connectivity index (χ3n) is 5.93. The van der Waals surface area contributed by atoms with Crippen molar-refractivity contribution in [3.63, 3.8) is 0 Å². The van der Waals surface area contributed by atoms with Crippen LogP contribution in [0.25, 0.3) is 32.5 Å². The van der Waals surface area contributed by atoms with E-state index in [0.29, 0.717) is 18.1 Å². The van der Waals surface area contributed by atoms with Gasteiger partial charge in [0.1, 0.15) is 28.9 Å². The molecule has 186 valence electrons. The van der Waals surface area contributed by atoms with Gasteiger partial charge in [0.25, 0.3) is 0 Å². The van der Waals surface area contributed by atoms with Gasteiger partial charge in [-0.05, 0) is 65.7 Å². The maximum atomic E-state index is 10.8. The molecule has 1 N–H and O–H groups in total. The fraction of sp³-hybridized carbons (Fsp3) is 0.133. The first-order valence-corrected chi connectivity index (χ1v) is 12.5. The molecule has 0 aliphatic carbocycles. The van der Waals surface area contributed by atoms with Crippen LogP contribution in [0.1, 0.15) is 10.6 Å². The highest BCUT2D eigenvalue weighted by atomic mass is 32.1. The number of benzene rings is 4. The predicted octanol–water partition coefficient (Wildman–Crippen LogP) is 6.99. The van der Waals surface area contributed by atoms with Crippen molar-refractivity contribution in [2.24, 2.45) is 0 Å². The lowest BCUT2D eigenvalue weighted by Gasteiger charge is -2.09. The number of hydrogen-bond donors (Lipinski definition) is 1. The molecule has 0 atom stereocenters. The van der Waals surface area contributed by atoms with E-state index in [1.165, 1.54) is 10.8 Å². The first-order valence-electron chi connectivity index (χ1n) is 11.7. The topological polar surface area (TPSA) is 77.9 Å². The summed E-state index contributed by atoms with van der Waals surface area (Å²) in [6.45, 7) is 1.77. The number of aliphatic carboxylic acids is 1. The second-order valence-corrected chi connectivity index (χ2v) is 9.52. The van der Waals surface area contributed by atoms with Crippen molar-refractivity contribution in [3.05, 3.63) is 95.5 Å². The molecule has 0 fully saturated rings. The van der Waals surface area contributed by atoms with E-state index in [-0.39, 0.29) is 6.61 Å². The summed E-state index contributed by atoms with van der Waals surface area (Å²) in [5.41, 5.74) is 3.83. The van der Waals surface area contributed by atoms with Crippen LogP contribution in [-0.2, 0) is 11.4 Å². The number of thiazole rings is 1. The maximum absolute atomic E-state index is 10.8. The van der Waals surface area contributed by atoms with E-state index in [4.69, 9.17) is 24.3 Å². The minimum atomic E-state index is -1.02. The average molecular weight is 512 g/mol. The number of ether oxygens (including phenoxy) is 3. The van der Waals surface area contributed by atoms with Gasteiger partial charge in [0.05, 0.1) is 17.7 Å². The molecule has 0 aliphatic rings.